The van der Waals surface area contributed by atoms with E-state index in [1.807, 2.05) is 24.3 Å². The molecular weight excluding hydrogens is 1110 g/mol. The molecule has 2 aliphatic heterocycles. The number of aromatic nitrogens is 16. The van der Waals surface area contributed by atoms with Gasteiger partial charge >= 0.3 is 23.1 Å². The molecule has 17 heteroatoms. The molecular formula is C72H56MgN16. The Balaban J connectivity index is 0.00000636. The summed E-state index contributed by atoms with van der Waals surface area (Å²) in [6, 6.07) is 58.7. The van der Waals surface area contributed by atoms with Crippen molar-refractivity contribution in [3.63, 3.8) is 0 Å². The second-order valence-corrected chi connectivity index (χ2v) is 22.8. The van der Waals surface area contributed by atoms with E-state index in [4.69, 9.17) is 59.8 Å². The normalized spacial score (nSPS) is 12.1. The quantitative estimate of drug-likeness (QED) is 0.106. The van der Waals surface area contributed by atoms with E-state index in [9.17, 15) is 0 Å². The molecule has 15 aromatic rings. The number of hydrogen-bond donors (Lipinski definition) is 0. The van der Waals surface area contributed by atoms with Gasteiger partial charge in [-0.2, -0.15) is 0 Å². The number of fused-ring (bicyclic) bond motifs is 24. The van der Waals surface area contributed by atoms with Crippen LogP contribution in [-0.4, -0.2) is 91.2 Å². The standard InChI is InChI=1S/C72H56N16.Mg/c1-5-29-85-57-37-49-45(33-53(57)73-69(85)41-21-13-9-14-22-41)61-77-65(49)81-62-46-34-54-58(86(30-6-2)70(74-54)42-23-15-10-16-24-42)38-50(46)67(78-62)83-64-48-36-56-60(88(32-8-4)72(76-56)44-27-19-12-20-28-44)40-52(48)68(80-64)84-63-47-35-55-59(39-51(47)66(79-63)82-61)87(31-7-3)71(75-55)43-25-17-11-18-26-43;/h9-28,33-40H,5-8,29-32H2,1-4H3;/q-2;+2. The second-order valence-electron chi connectivity index (χ2n) is 22.8. The summed E-state index contributed by atoms with van der Waals surface area (Å²) >= 11 is 0. The van der Waals surface area contributed by atoms with Crippen LogP contribution in [0.3, 0.4) is 0 Å². The number of benzene rings is 8. The number of imidazole rings is 4. The van der Waals surface area contributed by atoms with Gasteiger partial charge in [0, 0.05) is 93.3 Å². The van der Waals surface area contributed by atoms with Crippen LogP contribution in [0.25, 0.3) is 179 Å². The molecule has 0 spiro atoms. The summed E-state index contributed by atoms with van der Waals surface area (Å²) < 4.78 is 9.22. The van der Waals surface area contributed by atoms with Gasteiger partial charge in [0.25, 0.3) is 0 Å². The van der Waals surface area contributed by atoms with Crippen molar-refractivity contribution >= 4 is 111 Å². The van der Waals surface area contributed by atoms with Crippen molar-refractivity contribution in [2.45, 2.75) is 79.6 Å². The zero-order chi connectivity index (χ0) is 58.7. The van der Waals surface area contributed by atoms with Gasteiger partial charge in [-0.1, -0.05) is 149 Å². The molecule has 0 N–H and O–H groups in total. The number of hydrogen-bond acceptors (Lipinski definition) is 10. The van der Waals surface area contributed by atoms with Gasteiger partial charge in [-0.05, 0) is 95.8 Å². The summed E-state index contributed by atoms with van der Waals surface area (Å²) in [5.41, 5.74) is 16.2. The van der Waals surface area contributed by atoms with Crippen molar-refractivity contribution in [1.29, 1.82) is 0 Å². The van der Waals surface area contributed by atoms with Gasteiger partial charge in [-0.25, -0.2) is 29.9 Å². The largest absolute Gasteiger partial charge is 2.00 e. The molecule has 0 aliphatic carbocycles. The Hall–Kier alpha value is -10.2. The Morgan fingerprint density at radius 1 is 0.281 bits per heavy atom. The third kappa shape index (κ3) is 8.76. The van der Waals surface area contributed by atoms with Gasteiger partial charge in [0.2, 0.25) is 0 Å². The minimum atomic E-state index is 0. The average Bonchev–Trinajstić information content (AvgIpc) is 2.44. The summed E-state index contributed by atoms with van der Waals surface area (Å²) in [5, 5.41) is 3.15. The van der Waals surface area contributed by atoms with Gasteiger partial charge in [0.05, 0.1) is 67.4 Å². The van der Waals surface area contributed by atoms with Crippen LogP contribution in [0.1, 0.15) is 53.4 Å². The van der Waals surface area contributed by atoms with Crippen molar-refractivity contribution in [2.24, 2.45) is 0 Å². The first-order valence-electron chi connectivity index (χ1n) is 30.5. The maximum absolute atomic E-state index is 5.54. The van der Waals surface area contributed by atoms with Gasteiger partial charge in [0.1, 0.15) is 23.3 Å². The molecule has 0 unspecified atom stereocenters. The maximum Gasteiger partial charge on any atom is 2.00 e. The molecule has 8 aromatic carbocycles. The van der Waals surface area contributed by atoms with Gasteiger partial charge in [-0.15, -0.1) is 0 Å². The van der Waals surface area contributed by atoms with Crippen molar-refractivity contribution in [1.82, 2.24) is 78.1 Å². The third-order valence-electron chi connectivity index (χ3n) is 17.1. The number of nitrogens with zero attached hydrogens (tertiary/aromatic N) is 16. The van der Waals surface area contributed by atoms with Crippen LogP contribution in [0, 0.1) is 0 Å². The van der Waals surface area contributed by atoms with Crippen molar-refractivity contribution in [2.75, 3.05) is 0 Å². The third-order valence-corrected chi connectivity index (χ3v) is 17.1. The van der Waals surface area contributed by atoms with Gasteiger partial charge < -0.3 is 48.2 Å². The monoisotopic (exact) mass is 1170 g/mol. The predicted molar refractivity (Wildman–Crippen MR) is 356 cm³/mol. The first-order valence-corrected chi connectivity index (χ1v) is 30.5. The van der Waals surface area contributed by atoms with E-state index >= 15 is 0 Å². The van der Waals surface area contributed by atoms with Crippen molar-refractivity contribution in [3.8, 4) is 91.1 Å². The van der Waals surface area contributed by atoms with Gasteiger partial charge in [0.15, 0.2) is 0 Å². The molecule has 0 saturated carbocycles. The Bertz CT molecular complexity index is 5160. The van der Waals surface area contributed by atoms with E-state index in [0.717, 1.165) is 185 Å². The topological polar surface area (TPSA) is 177 Å². The van der Waals surface area contributed by atoms with E-state index in [1.54, 1.807) is 0 Å². The summed E-state index contributed by atoms with van der Waals surface area (Å²) in [5.74, 6) is 5.36. The fourth-order valence-electron chi connectivity index (χ4n) is 13.2. The van der Waals surface area contributed by atoms with E-state index in [-0.39, 0.29) is 23.1 Å². The molecule has 0 radical (unpaired) electrons. The zero-order valence-corrected chi connectivity index (χ0v) is 51.1. The zero-order valence-electron chi connectivity index (χ0n) is 49.7. The van der Waals surface area contributed by atoms with Crippen LogP contribution >= 0.6 is 0 Å². The smallest absolute Gasteiger partial charge is 0.357 e. The van der Waals surface area contributed by atoms with Crippen molar-refractivity contribution < 1.29 is 0 Å². The molecule has 8 bridgehead atoms. The molecule has 0 atom stereocenters. The summed E-state index contributed by atoms with van der Waals surface area (Å²) in [6.07, 6.45) is 3.62. The number of aryl methyl sites for hydroxylation is 4. The fourth-order valence-corrected chi connectivity index (χ4v) is 13.2. The summed E-state index contributed by atoms with van der Waals surface area (Å²) in [7, 11) is 0. The maximum atomic E-state index is 5.54. The van der Waals surface area contributed by atoms with E-state index in [0.29, 0.717) is 45.9 Å². The first-order chi connectivity index (χ1) is 43.4. The molecule has 16 nitrogen and oxygen atoms in total. The molecule has 0 fully saturated rings. The van der Waals surface area contributed by atoms with Crippen LogP contribution in [0.2, 0.25) is 0 Å². The predicted octanol–water partition coefficient (Wildman–Crippen LogP) is 15.5. The molecule has 2 aliphatic rings. The van der Waals surface area contributed by atoms with Crippen LogP contribution in [0.15, 0.2) is 170 Å². The molecule has 7 aromatic heterocycles. The second kappa shape index (κ2) is 21.6. The minimum Gasteiger partial charge on any atom is -0.357 e. The minimum absolute atomic E-state index is 0. The SMILES string of the molecule is CCCn1c(-c2ccccc2)nc2cc3c(cc21)-c1nc-3nc2[n-]c(nc3nc(nc4[n-]c(n1)c1cc5nc(-c6ccccc6)n(CCC)c5cc41)-c1cc4nc(-c5ccccc5)n(CCC)c4cc1-3)c1cc3nc(-c4ccccc4)n(CCC)c3cc21.[Mg+2]. The van der Waals surface area contributed by atoms with E-state index in [2.05, 4.69) is 192 Å². The molecule has 426 valence electrons. The molecule has 9 heterocycles. The molecule has 0 amide bonds. The van der Waals surface area contributed by atoms with Crippen LogP contribution in [0.4, 0.5) is 0 Å². The Morgan fingerprint density at radius 3 is 0.809 bits per heavy atom. The van der Waals surface area contributed by atoms with Gasteiger partial charge in [-0.3, -0.25) is 0 Å². The van der Waals surface area contributed by atoms with E-state index < -0.39 is 0 Å². The van der Waals surface area contributed by atoms with E-state index in [1.165, 1.54) is 0 Å². The fraction of sp³-hybridized carbons (Fsp3) is 0.167. The molecule has 89 heavy (non-hydrogen) atoms. The number of rotatable bonds is 12. The summed E-state index contributed by atoms with van der Waals surface area (Å²) in [4.78, 5) is 65.3. The van der Waals surface area contributed by atoms with Crippen LogP contribution in [-0.2, 0) is 26.2 Å². The van der Waals surface area contributed by atoms with Crippen LogP contribution in [0.5, 0.6) is 0 Å². The molecule has 17 rings (SSSR count). The Morgan fingerprint density at radius 2 is 0.528 bits per heavy atom. The summed E-state index contributed by atoms with van der Waals surface area (Å²) in [6.45, 7) is 11.8. The Labute approximate surface area is 526 Å². The Kier molecular flexibility index (Phi) is 13.1. The van der Waals surface area contributed by atoms with Crippen molar-refractivity contribution in [3.05, 3.63) is 170 Å². The first kappa shape index (κ1) is 54.2. The molecule has 0 saturated heterocycles. The van der Waals surface area contributed by atoms with Crippen LogP contribution < -0.4 is 9.97 Å². The average molecular weight is 1170 g/mol.